The molecule has 7 nitrogen and oxygen atoms in total. The van der Waals surface area contributed by atoms with Crippen molar-refractivity contribution in [3.63, 3.8) is 0 Å². The average molecular weight is 598 g/mol. The maximum absolute atomic E-state index is 13.9. The molecule has 0 amide bonds. The summed E-state index contributed by atoms with van der Waals surface area (Å²) in [5, 5.41) is 1.43. The van der Waals surface area contributed by atoms with Gasteiger partial charge in [0.1, 0.15) is 0 Å². The van der Waals surface area contributed by atoms with Crippen molar-refractivity contribution >= 4 is 32.8 Å². The molecule has 210 valence electrons. The highest BCUT2D eigenvalue weighted by atomic mass is 35.5. The maximum Gasteiger partial charge on any atom is 0.434 e. The summed E-state index contributed by atoms with van der Waals surface area (Å²) >= 11 is 5.97. The van der Waals surface area contributed by atoms with Crippen molar-refractivity contribution in [3.8, 4) is 16.8 Å². The molecule has 0 bridgehead atoms. The van der Waals surface area contributed by atoms with E-state index >= 15 is 0 Å². The van der Waals surface area contributed by atoms with E-state index in [1.165, 1.54) is 36.4 Å². The molecule has 14 heteroatoms. The molecule has 0 atom stereocenters. The number of imidazole rings is 1. The lowest BCUT2D eigenvalue weighted by molar-refractivity contribution is -0.141. The fraction of sp³-hybridized carbons (Fsp3) is 0.115. The summed E-state index contributed by atoms with van der Waals surface area (Å²) in [6.07, 6.45) is -5.73. The number of alkyl halides is 5. The number of hydrazine groups is 1. The average Bonchev–Trinajstić information content (AvgIpc) is 3.36. The Bertz CT molecular complexity index is 1690. The molecule has 0 spiro atoms. The van der Waals surface area contributed by atoms with Gasteiger partial charge in [0.2, 0.25) is 0 Å². The molecule has 0 aliphatic heterocycles. The molecule has 0 fully saturated rings. The Hall–Kier alpha value is -3.94. The lowest BCUT2D eigenvalue weighted by Crippen LogP contribution is -2.31. The number of sulfone groups is 1. The molecule has 3 aromatic carbocycles. The van der Waals surface area contributed by atoms with Gasteiger partial charge in [-0.15, -0.1) is 0 Å². The monoisotopic (exact) mass is 597 g/mol. The summed E-state index contributed by atoms with van der Waals surface area (Å²) in [5.74, 6) is 5.28. The first-order valence-electron chi connectivity index (χ1n) is 11.3. The third-order valence-corrected chi connectivity index (χ3v) is 7.23. The van der Waals surface area contributed by atoms with E-state index in [0.29, 0.717) is 32.5 Å². The van der Waals surface area contributed by atoms with Crippen LogP contribution in [0.4, 0.5) is 27.6 Å². The zero-order chi connectivity index (χ0) is 29.4. The van der Waals surface area contributed by atoms with Gasteiger partial charge in [0.15, 0.2) is 21.4 Å². The lowest BCUT2D eigenvalue weighted by atomic mass is 10.0. The number of anilines is 1. The van der Waals surface area contributed by atoms with Crippen molar-refractivity contribution < 1.29 is 30.4 Å². The molecular formula is C26H21ClF5N5O2S. The van der Waals surface area contributed by atoms with E-state index in [4.69, 9.17) is 23.2 Å². The van der Waals surface area contributed by atoms with Crippen molar-refractivity contribution in [1.82, 2.24) is 9.55 Å². The third kappa shape index (κ3) is 5.96. The van der Waals surface area contributed by atoms with Gasteiger partial charge in [-0.05, 0) is 47.5 Å². The number of nitrogens with zero attached hydrogens (tertiary/aromatic N) is 3. The quantitative estimate of drug-likeness (QED) is 0.149. The zero-order valence-electron chi connectivity index (χ0n) is 20.6. The molecule has 1 aromatic heterocycles. The zero-order valence-corrected chi connectivity index (χ0v) is 22.1. The van der Waals surface area contributed by atoms with Crippen LogP contribution in [0.25, 0.3) is 22.5 Å². The first-order chi connectivity index (χ1) is 18.7. The van der Waals surface area contributed by atoms with Gasteiger partial charge in [0.05, 0.1) is 22.0 Å². The molecule has 4 N–H and O–H groups in total. The second-order valence-corrected chi connectivity index (χ2v) is 11.0. The van der Waals surface area contributed by atoms with Crippen LogP contribution in [0.15, 0.2) is 84.0 Å². The minimum absolute atomic E-state index is 0.0216. The Morgan fingerprint density at radius 2 is 1.70 bits per heavy atom. The minimum atomic E-state index is -4.99. The van der Waals surface area contributed by atoms with Crippen molar-refractivity contribution in [2.24, 2.45) is 11.6 Å². The van der Waals surface area contributed by atoms with E-state index in [1.807, 2.05) is 0 Å². The summed E-state index contributed by atoms with van der Waals surface area (Å²) in [4.78, 5) is 3.14. The fourth-order valence-electron chi connectivity index (χ4n) is 3.95. The minimum Gasteiger partial charge on any atom is -0.403 e. The van der Waals surface area contributed by atoms with Crippen LogP contribution in [0.5, 0.6) is 0 Å². The van der Waals surface area contributed by atoms with E-state index in [0.717, 1.165) is 17.5 Å². The van der Waals surface area contributed by atoms with Crippen LogP contribution in [0, 0.1) is 0 Å². The molecular weight excluding hydrogens is 577 g/mol. The van der Waals surface area contributed by atoms with E-state index in [9.17, 15) is 30.4 Å². The van der Waals surface area contributed by atoms with Gasteiger partial charge in [-0.1, -0.05) is 41.9 Å². The predicted molar refractivity (Wildman–Crippen MR) is 142 cm³/mol. The first kappa shape index (κ1) is 29.1. The molecule has 0 saturated carbocycles. The van der Waals surface area contributed by atoms with E-state index in [-0.39, 0.29) is 22.0 Å². The molecule has 0 saturated heterocycles. The van der Waals surface area contributed by atoms with Crippen molar-refractivity contribution in [2.75, 3.05) is 11.3 Å². The van der Waals surface area contributed by atoms with Crippen LogP contribution >= 0.6 is 11.6 Å². The van der Waals surface area contributed by atoms with E-state index < -0.39 is 34.0 Å². The van der Waals surface area contributed by atoms with Crippen LogP contribution in [0.3, 0.4) is 0 Å². The highest BCUT2D eigenvalue weighted by Crippen LogP contribution is 2.38. The largest absolute Gasteiger partial charge is 0.434 e. The number of rotatable bonds is 7. The Kier molecular flexibility index (Phi) is 7.92. The van der Waals surface area contributed by atoms with E-state index in [1.54, 1.807) is 30.3 Å². The van der Waals surface area contributed by atoms with Crippen LogP contribution in [-0.4, -0.2) is 24.2 Å². The molecule has 0 unspecified atom stereocenters. The highest BCUT2D eigenvalue weighted by molar-refractivity contribution is 7.90. The normalized spacial score (nSPS) is 12.7. The summed E-state index contributed by atoms with van der Waals surface area (Å²) in [6, 6.07) is 16.3. The lowest BCUT2D eigenvalue weighted by Gasteiger charge is -2.26. The van der Waals surface area contributed by atoms with Gasteiger partial charge in [-0.3, -0.25) is 9.58 Å². The topological polar surface area (TPSA) is 107 Å². The van der Waals surface area contributed by atoms with Gasteiger partial charge < -0.3 is 5.73 Å². The van der Waals surface area contributed by atoms with Crippen LogP contribution in [-0.2, 0) is 16.0 Å². The van der Waals surface area contributed by atoms with Crippen LogP contribution < -0.4 is 16.6 Å². The first-order valence-corrected chi connectivity index (χ1v) is 13.6. The van der Waals surface area contributed by atoms with Crippen molar-refractivity contribution in [1.29, 1.82) is 0 Å². The Morgan fingerprint density at radius 3 is 2.27 bits per heavy atom. The maximum atomic E-state index is 13.9. The van der Waals surface area contributed by atoms with Gasteiger partial charge in [0, 0.05) is 29.2 Å². The second kappa shape index (κ2) is 10.9. The smallest absolute Gasteiger partial charge is 0.403 e. The molecule has 4 rings (SSSR count). The van der Waals surface area contributed by atoms with Gasteiger partial charge in [0.25, 0.3) is 6.43 Å². The molecule has 4 aromatic rings. The van der Waals surface area contributed by atoms with Gasteiger partial charge in [-0.25, -0.2) is 28.0 Å². The molecule has 0 aliphatic carbocycles. The summed E-state index contributed by atoms with van der Waals surface area (Å²) in [5.41, 5.74) is 5.56. The molecule has 40 heavy (non-hydrogen) atoms. The molecule has 0 radical (unpaired) electrons. The second-order valence-electron chi connectivity index (χ2n) is 8.59. The number of aromatic nitrogens is 2. The summed E-state index contributed by atoms with van der Waals surface area (Å²) in [6.45, 7) is 0. The fourth-order valence-corrected chi connectivity index (χ4v) is 4.74. The number of benzene rings is 3. The molecule has 0 aliphatic rings. The number of halogens is 6. The highest BCUT2D eigenvalue weighted by Gasteiger charge is 2.37. The Morgan fingerprint density at radius 1 is 1.05 bits per heavy atom. The summed E-state index contributed by atoms with van der Waals surface area (Å²) in [7, 11) is -3.57. The molecule has 1 heterocycles. The Balaban J connectivity index is 1.97. The van der Waals surface area contributed by atoms with Crippen LogP contribution in [0.2, 0.25) is 5.02 Å². The standard InChI is InChI=1S/C26H21ClF5N5O2S/c1-40(38,39)19-4-2-3-16(11-19)17-7-10-20(36-14-23(26(30,31)32)35-25(36)24(28)29)21(12-17)37(34)22(13-33)15-5-8-18(27)9-6-15/h2-14,24H,33-34H2,1H3/b22-13-. The van der Waals surface area contributed by atoms with Crippen molar-refractivity contribution in [2.45, 2.75) is 17.5 Å². The van der Waals surface area contributed by atoms with Crippen LogP contribution in [0.1, 0.15) is 23.5 Å². The summed E-state index contributed by atoms with van der Waals surface area (Å²) < 4.78 is 92.9. The predicted octanol–water partition coefficient (Wildman–Crippen LogP) is 6.19. The Labute approximate surface area is 231 Å². The number of nitrogens with two attached hydrogens (primary N) is 2. The van der Waals surface area contributed by atoms with Gasteiger partial charge in [-0.2, -0.15) is 13.2 Å². The van der Waals surface area contributed by atoms with Gasteiger partial charge >= 0.3 is 6.18 Å². The SMILES string of the molecule is CS(=O)(=O)c1cccc(-c2ccc(-n3cc(C(F)(F)F)nc3C(F)F)c(N(N)/C(=C\N)c3ccc(Cl)cc3)c2)c1. The van der Waals surface area contributed by atoms with Crippen molar-refractivity contribution in [3.05, 3.63) is 101 Å². The third-order valence-electron chi connectivity index (χ3n) is 5.87. The number of hydrogen-bond donors (Lipinski definition) is 2. The number of hydrogen-bond acceptors (Lipinski definition) is 6. The van der Waals surface area contributed by atoms with E-state index in [2.05, 4.69) is 4.98 Å².